The minimum atomic E-state index is -1.08. The van der Waals surface area contributed by atoms with E-state index in [4.69, 9.17) is 4.74 Å². The average Bonchev–Trinajstić information content (AvgIpc) is 2.77. The number of hydrogen-bond acceptors (Lipinski definition) is 5. The van der Waals surface area contributed by atoms with Crippen LogP contribution in [0.1, 0.15) is 25.6 Å². The predicted molar refractivity (Wildman–Crippen MR) is 79.3 cm³/mol. The lowest BCUT2D eigenvalue weighted by atomic mass is 9.90. The Morgan fingerprint density at radius 1 is 1.48 bits per heavy atom. The monoisotopic (exact) mass is 312 g/mol. The van der Waals surface area contributed by atoms with E-state index >= 15 is 0 Å². The number of ether oxygens (including phenoxy) is 1. The van der Waals surface area contributed by atoms with Crippen LogP contribution in [0.2, 0.25) is 0 Å². The maximum Gasteiger partial charge on any atom is 0.410 e. The number of carbonyl (C=O) groups is 2. The van der Waals surface area contributed by atoms with Gasteiger partial charge in [0.25, 0.3) is 0 Å². The molecule has 21 heavy (non-hydrogen) atoms. The minimum Gasteiger partial charge on any atom is -0.480 e. The van der Waals surface area contributed by atoms with E-state index in [1.807, 2.05) is 17.5 Å². The van der Waals surface area contributed by atoms with Crippen LogP contribution in [0.5, 0.6) is 0 Å². The number of carboxylic acids is 1. The van der Waals surface area contributed by atoms with Crippen LogP contribution in [-0.2, 0) is 16.1 Å². The molecule has 1 aliphatic heterocycles. The van der Waals surface area contributed by atoms with E-state index in [1.165, 1.54) is 4.90 Å². The van der Waals surface area contributed by atoms with Crippen molar-refractivity contribution in [2.45, 2.75) is 38.5 Å². The largest absolute Gasteiger partial charge is 0.480 e. The second kappa shape index (κ2) is 5.65. The lowest BCUT2D eigenvalue weighted by molar-refractivity contribution is -0.152. The first-order valence-corrected chi connectivity index (χ1v) is 7.59. The molecule has 0 saturated carbocycles. The second-order valence-electron chi connectivity index (χ2n) is 6.16. The number of nitrogens with zero attached hydrogens (tertiary/aromatic N) is 1. The number of aliphatic carboxylic acids is 1. The maximum atomic E-state index is 11.9. The molecular weight excluding hydrogens is 292 g/mol. The molecule has 1 aromatic heterocycles. The molecule has 2 N–H and O–H groups in total. The van der Waals surface area contributed by atoms with Crippen molar-refractivity contribution in [1.82, 2.24) is 10.2 Å². The fourth-order valence-electron chi connectivity index (χ4n) is 2.05. The van der Waals surface area contributed by atoms with Crippen molar-refractivity contribution >= 4 is 23.4 Å². The van der Waals surface area contributed by atoms with E-state index in [1.54, 1.807) is 32.1 Å². The number of rotatable bonds is 4. The van der Waals surface area contributed by atoms with Crippen molar-refractivity contribution in [3.8, 4) is 0 Å². The first-order valence-electron chi connectivity index (χ1n) is 6.71. The van der Waals surface area contributed by atoms with Crippen molar-refractivity contribution in [2.75, 3.05) is 13.1 Å². The molecule has 0 spiro atoms. The third kappa shape index (κ3) is 3.74. The molecule has 0 aromatic carbocycles. The summed E-state index contributed by atoms with van der Waals surface area (Å²) < 4.78 is 5.23. The molecule has 0 bridgehead atoms. The summed E-state index contributed by atoms with van der Waals surface area (Å²) >= 11 is 1.56. The van der Waals surface area contributed by atoms with Crippen LogP contribution < -0.4 is 5.32 Å². The second-order valence-corrected chi connectivity index (χ2v) is 7.19. The highest BCUT2D eigenvalue weighted by Crippen LogP contribution is 2.25. The third-order valence-corrected chi connectivity index (χ3v) is 4.04. The highest BCUT2D eigenvalue weighted by atomic mass is 32.1. The molecule has 1 fully saturated rings. The Morgan fingerprint density at radius 2 is 2.14 bits per heavy atom. The molecule has 1 aliphatic rings. The minimum absolute atomic E-state index is 0.114. The zero-order valence-corrected chi connectivity index (χ0v) is 13.2. The summed E-state index contributed by atoms with van der Waals surface area (Å²) in [6.07, 6.45) is -0.475. The summed E-state index contributed by atoms with van der Waals surface area (Å²) in [4.78, 5) is 25.8. The van der Waals surface area contributed by atoms with Crippen LogP contribution in [0.15, 0.2) is 17.5 Å². The number of nitrogens with one attached hydrogen (secondary N) is 1. The Labute approximate surface area is 127 Å². The molecule has 7 heteroatoms. The van der Waals surface area contributed by atoms with Gasteiger partial charge in [-0.2, -0.15) is 0 Å². The van der Waals surface area contributed by atoms with Crippen molar-refractivity contribution in [1.29, 1.82) is 0 Å². The zero-order valence-electron chi connectivity index (χ0n) is 12.4. The number of carbonyl (C=O) groups excluding carboxylic acids is 1. The standard InChI is InChI=1S/C14H20N2O4S/c1-13(2,3)20-12(19)16-8-14(9-16,11(17)18)15-7-10-5-4-6-21-10/h4-6,15H,7-9H2,1-3H3,(H,17,18). The van der Waals surface area contributed by atoms with Gasteiger partial charge in [-0.05, 0) is 32.2 Å². The smallest absolute Gasteiger partial charge is 0.410 e. The quantitative estimate of drug-likeness (QED) is 0.888. The van der Waals surface area contributed by atoms with Gasteiger partial charge < -0.3 is 14.7 Å². The molecule has 1 amide bonds. The van der Waals surface area contributed by atoms with Crippen LogP contribution in [0.3, 0.4) is 0 Å². The van der Waals surface area contributed by atoms with E-state index in [9.17, 15) is 14.7 Å². The fourth-order valence-corrected chi connectivity index (χ4v) is 2.70. The van der Waals surface area contributed by atoms with E-state index in [0.29, 0.717) is 6.54 Å². The Hall–Kier alpha value is -1.60. The molecule has 2 heterocycles. The first-order chi connectivity index (χ1) is 9.72. The van der Waals surface area contributed by atoms with Gasteiger partial charge in [-0.1, -0.05) is 6.07 Å². The SMILES string of the molecule is CC(C)(C)OC(=O)N1CC(NCc2cccs2)(C(=O)O)C1. The topological polar surface area (TPSA) is 78.9 Å². The summed E-state index contributed by atoms with van der Waals surface area (Å²) in [7, 11) is 0. The van der Waals surface area contributed by atoms with Gasteiger partial charge in [-0.15, -0.1) is 11.3 Å². The van der Waals surface area contributed by atoms with Gasteiger partial charge in [0.15, 0.2) is 5.54 Å². The van der Waals surface area contributed by atoms with Gasteiger partial charge in [0.05, 0.1) is 13.1 Å². The van der Waals surface area contributed by atoms with E-state index in [2.05, 4.69) is 5.32 Å². The van der Waals surface area contributed by atoms with Crippen molar-refractivity contribution in [3.05, 3.63) is 22.4 Å². The normalized spacial score (nSPS) is 17.2. The van der Waals surface area contributed by atoms with Crippen LogP contribution in [0, 0.1) is 0 Å². The molecule has 1 aromatic rings. The number of amides is 1. The Kier molecular flexibility index (Phi) is 4.25. The lowest BCUT2D eigenvalue weighted by Crippen LogP contribution is -2.74. The van der Waals surface area contributed by atoms with Gasteiger partial charge in [0, 0.05) is 11.4 Å². The molecule has 1 saturated heterocycles. The number of hydrogen-bond donors (Lipinski definition) is 2. The van der Waals surface area contributed by atoms with Crippen LogP contribution in [0.4, 0.5) is 4.79 Å². The molecule has 0 radical (unpaired) electrons. The number of carboxylic acid groups (broad SMARTS) is 1. The maximum absolute atomic E-state index is 11.9. The predicted octanol–water partition coefficient (Wildman–Crippen LogP) is 1.91. The molecule has 0 atom stereocenters. The molecular formula is C14H20N2O4S. The highest BCUT2D eigenvalue weighted by molar-refractivity contribution is 7.09. The summed E-state index contributed by atoms with van der Waals surface area (Å²) in [5, 5.41) is 14.4. The molecule has 0 aliphatic carbocycles. The van der Waals surface area contributed by atoms with E-state index < -0.39 is 23.2 Å². The lowest BCUT2D eigenvalue weighted by Gasteiger charge is -2.47. The van der Waals surface area contributed by atoms with Gasteiger partial charge in [0.1, 0.15) is 5.60 Å². The van der Waals surface area contributed by atoms with Gasteiger partial charge in [-0.25, -0.2) is 4.79 Å². The highest BCUT2D eigenvalue weighted by Gasteiger charge is 2.52. The molecule has 116 valence electrons. The van der Waals surface area contributed by atoms with Crippen molar-refractivity contribution in [2.24, 2.45) is 0 Å². The Bertz CT molecular complexity index is 516. The summed E-state index contributed by atoms with van der Waals surface area (Å²) in [6, 6.07) is 3.86. The van der Waals surface area contributed by atoms with Crippen molar-refractivity contribution in [3.63, 3.8) is 0 Å². The molecule has 2 rings (SSSR count). The van der Waals surface area contributed by atoms with Gasteiger partial charge in [-0.3, -0.25) is 10.1 Å². The van der Waals surface area contributed by atoms with Gasteiger partial charge >= 0.3 is 12.1 Å². The summed E-state index contributed by atoms with van der Waals surface area (Å²) in [5.74, 6) is -0.945. The molecule has 0 unspecified atom stereocenters. The molecule has 6 nitrogen and oxygen atoms in total. The van der Waals surface area contributed by atoms with Gasteiger partial charge in [0.2, 0.25) is 0 Å². The summed E-state index contributed by atoms with van der Waals surface area (Å²) in [5.41, 5.74) is -1.66. The number of thiophene rings is 1. The summed E-state index contributed by atoms with van der Waals surface area (Å²) in [6.45, 7) is 6.05. The van der Waals surface area contributed by atoms with Crippen molar-refractivity contribution < 1.29 is 19.4 Å². The Morgan fingerprint density at radius 3 is 2.62 bits per heavy atom. The fraction of sp³-hybridized carbons (Fsp3) is 0.571. The van der Waals surface area contributed by atoms with Crippen LogP contribution >= 0.6 is 11.3 Å². The van der Waals surface area contributed by atoms with E-state index in [-0.39, 0.29) is 13.1 Å². The average molecular weight is 312 g/mol. The third-order valence-electron chi connectivity index (χ3n) is 3.16. The Balaban J connectivity index is 1.92. The van der Waals surface area contributed by atoms with Crippen LogP contribution in [0.25, 0.3) is 0 Å². The van der Waals surface area contributed by atoms with E-state index in [0.717, 1.165) is 4.88 Å². The number of likely N-dealkylation sites (tertiary alicyclic amines) is 1. The van der Waals surface area contributed by atoms with Crippen LogP contribution in [-0.4, -0.2) is 46.3 Å². The first kappa shape index (κ1) is 15.8. The zero-order chi connectivity index (χ0) is 15.7.